The molecule has 0 aliphatic carbocycles. The van der Waals surface area contributed by atoms with Crippen LogP contribution in [0.3, 0.4) is 0 Å². The van der Waals surface area contributed by atoms with Crippen LogP contribution in [0.15, 0.2) is 24.5 Å². The largest absolute Gasteiger partial charge is 0.354 e. The first-order valence-corrected chi connectivity index (χ1v) is 5.34. The molecule has 0 radical (unpaired) electrons. The van der Waals surface area contributed by atoms with Gasteiger partial charge in [0.05, 0.1) is 0 Å². The highest BCUT2D eigenvalue weighted by atomic mass is 16.1. The maximum absolute atomic E-state index is 11.3. The van der Waals surface area contributed by atoms with E-state index in [1.807, 2.05) is 17.7 Å². The van der Waals surface area contributed by atoms with Crippen LogP contribution in [-0.2, 0) is 6.42 Å². The highest BCUT2D eigenvalue weighted by Crippen LogP contribution is 2.07. The molecule has 1 amide bonds. The average Bonchev–Trinajstić information content (AvgIpc) is 2.86. The quantitative estimate of drug-likeness (QED) is 0.838. The summed E-state index contributed by atoms with van der Waals surface area (Å²) in [5, 5.41) is 10.4. The van der Waals surface area contributed by atoms with Gasteiger partial charge in [-0.2, -0.15) is 0 Å². The maximum Gasteiger partial charge on any atom is 0.271 e. The molecule has 6 nitrogen and oxygen atoms in total. The van der Waals surface area contributed by atoms with E-state index >= 15 is 0 Å². The number of nitrogens with one attached hydrogen (secondary N) is 1. The van der Waals surface area contributed by atoms with Gasteiger partial charge in [-0.3, -0.25) is 9.36 Å². The Morgan fingerprint density at radius 2 is 2.24 bits per heavy atom. The minimum absolute atomic E-state index is 0.245. The van der Waals surface area contributed by atoms with E-state index in [9.17, 15) is 4.79 Å². The molecule has 0 aliphatic rings. The lowest BCUT2D eigenvalue weighted by molar-refractivity contribution is 0.0957. The normalized spacial score (nSPS) is 10.2. The minimum Gasteiger partial charge on any atom is -0.354 e. The van der Waals surface area contributed by atoms with E-state index in [0.717, 1.165) is 12.2 Å². The van der Waals surface area contributed by atoms with Crippen molar-refractivity contribution in [2.75, 3.05) is 7.05 Å². The second kappa shape index (κ2) is 4.73. The summed E-state index contributed by atoms with van der Waals surface area (Å²) in [6, 6.07) is 3.39. The lowest BCUT2D eigenvalue weighted by Gasteiger charge is -2.04. The molecule has 2 rings (SSSR count). The molecule has 0 aliphatic heterocycles. The van der Waals surface area contributed by atoms with Gasteiger partial charge >= 0.3 is 0 Å². The molecule has 6 heteroatoms. The predicted molar refractivity (Wildman–Crippen MR) is 61.9 cm³/mol. The fourth-order valence-corrected chi connectivity index (χ4v) is 1.51. The fraction of sp³-hybridized carbons (Fsp3) is 0.273. The topological polar surface area (TPSA) is 72.7 Å². The highest BCUT2D eigenvalue weighted by Gasteiger charge is 2.08. The van der Waals surface area contributed by atoms with Crippen molar-refractivity contribution in [3.05, 3.63) is 36.0 Å². The number of aromatic nitrogens is 4. The highest BCUT2D eigenvalue weighted by molar-refractivity contribution is 5.91. The van der Waals surface area contributed by atoms with Gasteiger partial charge in [-0.1, -0.05) is 6.92 Å². The number of hydrogen-bond donors (Lipinski definition) is 1. The molecule has 0 saturated carbocycles. The second-order valence-electron chi connectivity index (χ2n) is 3.42. The molecule has 0 unspecified atom stereocenters. The Bertz CT molecular complexity index is 517. The molecule has 88 valence electrons. The Labute approximate surface area is 98.7 Å². The Hall–Kier alpha value is -2.24. The zero-order valence-corrected chi connectivity index (χ0v) is 9.71. The number of carbonyl (C=O) groups excluding carboxylic acids is 1. The Morgan fingerprint density at radius 1 is 1.41 bits per heavy atom. The zero-order chi connectivity index (χ0) is 12.3. The van der Waals surface area contributed by atoms with Crippen LogP contribution in [0.2, 0.25) is 0 Å². The van der Waals surface area contributed by atoms with Crippen molar-refractivity contribution in [2.24, 2.45) is 0 Å². The number of imidazole rings is 1. The van der Waals surface area contributed by atoms with Crippen molar-refractivity contribution in [1.82, 2.24) is 25.1 Å². The van der Waals surface area contributed by atoms with Gasteiger partial charge in [-0.15, -0.1) is 10.2 Å². The molecule has 2 aromatic heterocycles. The smallest absolute Gasteiger partial charge is 0.271 e. The van der Waals surface area contributed by atoms with Gasteiger partial charge in [-0.05, 0) is 12.1 Å². The first-order valence-electron chi connectivity index (χ1n) is 5.34. The Morgan fingerprint density at radius 3 is 2.82 bits per heavy atom. The van der Waals surface area contributed by atoms with Crippen molar-refractivity contribution in [3.63, 3.8) is 0 Å². The first-order chi connectivity index (χ1) is 8.26. The SMILES string of the molecule is CCc1nccn1-c1ccc(C(=O)NC)nn1. The van der Waals surface area contributed by atoms with E-state index in [4.69, 9.17) is 0 Å². The molecular weight excluding hydrogens is 218 g/mol. The first kappa shape index (κ1) is 11.3. The van der Waals surface area contributed by atoms with E-state index in [0.29, 0.717) is 11.5 Å². The lowest BCUT2D eigenvalue weighted by atomic mass is 10.3. The monoisotopic (exact) mass is 231 g/mol. The van der Waals surface area contributed by atoms with Gasteiger partial charge in [0, 0.05) is 25.9 Å². The third kappa shape index (κ3) is 2.15. The number of amides is 1. The van der Waals surface area contributed by atoms with Gasteiger partial charge in [0.2, 0.25) is 0 Å². The predicted octanol–water partition coefficient (Wildman–Crippen LogP) is 0.584. The third-order valence-electron chi connectivity index (χ3n) is 2.39. The summed E-state index contributed by atoms with van der Waals surface area (Å²) in [5.41, 5.74) is 0.300. The van der Waals surface area contributed by atoms with Crippen molar-refractivity contribution in [2.45, 2.75) is 13.3 Å². The van der Waals surface area contributed by atoms with E-state index < -0.39 is 0 Å². The Kier molecular flexibility index (Phi) is 3.13. The molecule has 0 fully saturated rings. The lowest BCUT2D eigenvalue weighted by Crippen LogP contribution is -2.20. The average molecular weight is 231 g/mol. The molecule has 0 aromatic carbocycles. The molecule has 0 bridgehead atoms. The van der Waals surface area contributed by atoms with Gasteiger partial charge in [0.25, 0.3) is 5.91 Å². The number of hydrogen-bond acceptors (Lipinski definition) is 4. The van der Waals surface area contributed by atoms with Crippen LogP contribution < -0.4 is 5.32 Å². The van der Waals surface area contributed by atoms with E-state index in [-0.39, 0.29) is 5.91 Å². The van der Waals surface area contributed by atoms with Gasteiger partial charge in [0.1, 0.15) is 5.82 Å². The van der Waals surface area contributed by atoms with Gasteiger partial charge < -0.3 is 5.32 Å². The van der Waals surface area contributed by atoms with Crippen LogP contribution in [0.5, 0.6) is 0 Å². The van der Waals surface area contributed by atoms with Gasteiger partial charge in [0.15, 0.2) is 11.5 Å². The Balaban J connectivity index is 2.32. The molecule has 0 atom stereocenters. The van der Waals surface area contributed by atoms with E-state index in [2.05, 4.69) is 20.5 Å². The van der Waals surface area contributed by atoms with E-state index in [1.54, 1.807) is 25.4 Å². The van der Waals surface area contributed by atoms with Crippen molar-refractivity contribution >= 4 is 5.91 Å². The molecule has 2 heterocycles. The zero-order valence-electron chi connectivity index (χ0n) is 9.71. The second-order valence-corrected chi connectivity index (χ2v) is 3.42. The molecule has 17 heavy (non-hydrogen) atoms. The summed E-state index contributed by atoms with van der Waals surface area (Å²) in [7, 11) is 1.56. The summed E-state index contributed by atoms with van der Waals surface area (Å²) >= 11 is 0. The standard InChI is InChI=1S/C11H13N5O/c1-3-9-13-6-7-16(9)10-5-4-8(14-15-10)11(17)12-2/h4-7H,3H2,1-2H3,(H,12,17). The molecule has 0 saturated heterocycles. The van der Waals surface area contributed by atoms with Crippen LogP contribution in [0.25, 0.3) is 5.82 Å². The molecule has 1 N–H and O–H groups in total. The van der Waals surface area contributed by atoms with Crippen molar-refractivity contribution in [3.8, 4) is 5.82 Å². The molecule has 2 aromatic rings. The number of nitrogens with zero attached hydrogens (tertiary/aromatic N) is 4. The number of aryl methyl sites for hydroxylation is 1. The maximum atomic E-state index is 11.3. The fourth-order valence-electron chi connectivity index (χ4n) is 1.51. The van der Waals surface area contributed by atoms with Gasteiger partial charge in [-0.25, -0.2) is 4.98 Å². The summed E-state index contributed by atoms with van der Waals surface area (Å²) < 4.78 is 1.85. The summed E-state index contributed by atoms with van der Waals surface area (Å²) in [5.74, 6) is 1.32. The van der Waals surface area contributed by atoms with Crippen molar-refractivity contribution < 1.29 is 4.79 Å². The van der Waals surface area contributed by atoms with Crippen LogP contribution in [0, 0.1) is 0 Å². The van der Waals surface area contributed by atoms with Crippen LogP contribution in [0.1, 0.15) is 23.2 Å². The summed E-state index contributed by atoms with van der Waals surface area (Å²) in [4.78, 5) is 15.5. The van der Waals surface area contributed by atoms with Crippen LogP contribution in [0.4, 0.5) is 0 Å². The number of rotatable bonds is 3. The summed E-state index contributed by atoms with van der Waals surface area (Å²) in [6.07, 6.45) is 4.35. The minimum atomic E-state index is -0.245. The van der Waals surface area contributed by atoms with Crippen molar-refractivity contribution in [1.29, 1.82) is 0 Å². The van der Waals surface area contributed by atoms with E-state index in [1.165, 1.54) is 0 Å². The number of carbonyl (C=O) groups is 1. The third-order valence-corrected chi connectivity index (χ3v) is 2.39. The molecule has 0 spiro atoms. The van der Waals surface area contributed by atoms with Crippen LogP contribution >= 0.6 is 0 Å². The summed E-state index contributed by atoms with van der Waals surface area (Å²) in [6.45, 7) is 2.02. The molecular formula is C11H13N5O. The van der Waals surface area contributed by atoms with Crippen LogP contribution in [-0.4, -0.2) is 32.7 Å².